The summed E-state index contributed by atoms with van der Waals surface area (Å²) in [5, 5.41) is 1.21. The number of nitrogens with zero attached hydrogens (tertiary/aromatic N) is 2. The Morgan fingerprint density at radius 2 is 1.67 bits per heavy atom. The molecule has 0 radical (unpaired) electrons. The minimum absolute atomic E-state index is 0.0724. The Bertz CT molecular complexity index is 1170. The molecule has 3 heterocycles. The fraction of sp³-hybridized carbons (Fsp3) is 0.208. The molecule has 5 rings (SSSR count). The third kappa shape index (κ3) is 3.20. The lowest BCUT2D eigenvalue weighted by atomic mass is 10.1. The summed E-state index contributed by atoms with van der Waals surface area (Å²) in [6.07, 6.45) is 6.18. The highest BCUT2D eigenvalue weighted by molar-refractivity contribution is 5.99. The standard InChI is InChI=1S/C24H24N4O2/c1-30-18-8-6-17(7-9-18)24(29)28-12-10-27(11-13-28)23-16-25-14-21(23)20-15-26-22-5-3-2-4-19(20)22/h2-9,14-16,25-26H,10-13H2,1H3. The van der Waals surface area contributed by atoms with Crippen LogP contribution in [0.15, 0.2) is 67.1 Å². The first kappa shape index (κ1) is 18.4. The van der Waals surface area contributed by atoms with E-state index in [4.69, 9.17) is 4.74 Å². The van der Waals surface area contributed by atoms with Crippen molar-refractivity contribution in [1.29, 1.82) is 0 Å². The number of para-hydroxylation sites is 1. The number of amides is 1. The second-order valence-corrected chi connectivity index (χ2v) is 7.51. The average molecular weight is 400 g/mol. The van der Waals surface area contributed by atoms with Crippen molar-refractivity contribution in [1.82, 2.24) is 14.9 Å². The van der Waals surface area contributed by atoms with Gasteiger partial charge in [-0.25, -0.2) is 0 Å². The lowest BCUT2D eigenvalue weighted by molar-refractivity contribution is 0.0747. The van der Waals surface area contributed by atoms with E-state index in [2.05, 4.69) is 51.7 Å². The molecule has 2 aromatic heterocycles. The molecule has 1 saturated heterocycles. The molecule has 0 bridgehead atoms. The van der Waals surface area contributed by atoms with Crippen LogP contribution >= 0.6 is 0 Å². The molecule has 4 aromatic rings. The number of nitrogens with one attached hydrogen (secondary N) is 2. The Balaban J connectivity index is 1.32. The van der Waals surface area contributed by atoms with Gasteiger partial charge in [0.2, 0.25) is 0 Å². The fourth-order valence-corrected chi connectivity index (χ4v) is 4.19. The predicted octanol–water partition coefficient (Wildman–Crippen LogP) is 4.13. The number of aromatic nitrogens is 2. The highest BCUT2D eigenvalue weighted by Gasteiger charge is 2.24. The first-order valence-electron chi connectivity index (χ1n) is 10.2. The second kappa shape index (κ2) is 7.63. The molecule has 2 N–H and O–H groups in total. The maximum absolute atomic E-state index is 12.8. The summed E-state index contributed by atoms with van der Waals surface area (Å²) in [5.41, 5.74) is 5.39. The number of ether oxygens (including phenoxy) is 1. The van der Waals surface area contributed by atoms with Crippen molar-refractivity contribution in [3.8, 4) is 16.9 Å². The van der Waals surface area contributed by atoms with Gasteiger partial charge in [-0.3, -0.25) is 4.79 Å². The van der Waals surface area contributed by atoms with Crippen LogP contribution in [-0.4, -0.2) is 54.1 Å². The van der Waals surface area contributed by atoms with E-state index in [0.29, 0.717) is 18.7 Å². The van der Waals surface area contributed by atoms with E-state index >= 15 is 0 Å². The molecule has 2 aromatic carbocycles. The van der Waals surface area contributed by atoms with E-state index in [1.54, 1.807) is 7.11 Å². The van der Waals surface area contributed by atoms with Gasteiger partial charge in [-0.2, -0.15) is 0 Å². The van der Waals surface area contributed by atoms with Crippen molar-refractivity contribution in [2.45, 2.75) is 0 Å². The first-order chi connectivity index (χ1) is 14.7. The Morgan fingerprint density at radius 1 is 0.900 bits per heavy atom. The molecule has 0 aliphatic carbocycles. The van der Waals surface area contributed by atoms with Gasteiger partial charge in [0.1, 0.15) is 5.75 Å². The maximum atomic E-state index is 12.8. The van der Waals surface area contributed by atoms with Crippen LogP contribution in [0, 0.1) is 0 Å². The molecule has 6 nitrogen and oxygen atoms in total. The molecule has 1 amide bonds. The summed E-state index contributed by atoms with van der Waals surface area (Å²) in [4.78, 5) is 23.8. The summed E-state index contributed by atoms with van der Waals surface area (Å²) in [6.45, 7) is 3.00. The minimum atomic E-state index is 0.0724. The number of benzene rings is 2. The molecule has 0 unspecified atom stereocenters. The number of hydrogen-bond acceptors (Lipinski definition) is 3. The topological polar surface area (TPSA) is 64.4 Å². The zero-order chi connectivity index (χ0) is 20.5. The molecule has 152 valence electrons. The van der Waals surface area contributed by atoms with Crippen LogP contribution in [0.3, 0.4) is 0 Å². The number of anilines is 1. The van der Waals surface area contributed by atoms with Gasteiger partial charge >= 0.3 is 0 Å². The van der Waals surface area contributed by atoms with Gasteiger partial charge in [0.15, 0.2) is 0 Å². The molecule has 1 fully saturated rings. The Kier molecular flexibility index (Phi) is 4.67. The van der Waals surface area contributed by atoms with Crippen molar-refractivity contribution in [3.05, 3.63) is 72.7 Å². The third-order valence-corrected chi connectivity index (χ3v) is 5.85. The normalized spacial score (nSPS) is 14.3. The van der Waals surface area contributed by atoms with Crippen LogP contribution in [0.5, 0.6) is 5.75 Å². The summed E-state index contributed by atoms with van der Waals surface area (Å²) in [5.74, 6) is 0.830. The Labute approximate surface area is 175 Å². The van der Waals surface area contributed by atoms with Crippen LogP contribution in [-0.2, 0) is 0 Å². The van der Waals surface area contributed by atoms with Crippen LogP contribution in [0.4, 0.5) is 5.69 Å². The van der Waals surface area contributed by atoms with Gasteiger partial charge < -0.3 is 24.5 Å². The highest BCUT2D eigenvalue weighted by atomic mass is 16.5. The van der Waals surface area contributed by atoms with Crippen molar-refractivity contribution in [2.75, 3.05) is 38.2 Å². The minimum Gasteiger partial charge on any atom is -0.497 e. The van der Waals surface area contributed by atoms with E-state index in [1.165, 1.54) is 22.2 Å². The van der Waals surface area contributed by atoms with Gasteiger partial charge in [0, 0.05) is 72.4 Å². The molecule has 0 spiro atoms. The third-order valence-electron chi connectivity index (χ3n) is 5.85. The number of hydrogen-bond donors (Lipinski definition) is 2. The monoisotopic (exact) mass is 400 g/mol. The smallest absolute Gasteiger partial charge is 0.253 e. The molecule has 0 saturated carbocycles. The molecule has 30 heavy (non-hydrogen) atoms. The average Bonchev–Trinajstić information content (AvgIpc) is 3.45. The largest absolute Gasteiger partial charge is 0.497 e. The van der Waals surface area contributed by atoms with Crippen molar-refractivity contribution < 1.29 is 9.53 Å². The van der Waals surface area contributed by atoms with E-state index < -0.39 is 0 Å². The van der Waals surface area contributed by atoms with Crippen molar-refractivity contribution in [2.24, 2.45) is 0 Å². The summed E-state index contributed by atoms with van der Waals surface area (Å²) < 4.78 is 5.18. The zero-order valence-corrected chi connectivity index (χ0v) is 16.9. The van der Waals surface area contributed by atoms with Crippen LogP contribution in [0.1, 0.15) is 10.4 Å². The van der Waals surface area contributed by atoms with Crippen molar-refractivity contribution >= 4 is 22.5 Å². The van der Waals surface area contributed by atoms with Gasteiger partial charge in [0.05, 0.1) is 12.8 Å². The summed E-state index contributed by atoms with van der Waals surface area (Å²) >= 11 is 0. The van der Waals surface area contributed by atoms with Gasteiger partial charge in [-0.05, 0) is 30.3 Å². The Morgan fingerprint density at radius 3 is 2.43 bits per heavy atom. The van der Waals surface area contributed by atoms with E-state index in [0.717, 1.165) is 24.4 Å². The number of rotatable bonds is 4. The summed E-state index contributed by atoms with van der Waals surface area (Å²) in [6, 6.07) is 15.7. The highest BCUT2D eigenvalue weighted by Crippen LogP contribution is 2.36. The molecule has 1 aliphatic rings. The van der Waals surface area contributed by atoms with E-state index in [9.17, 15) is 4.79 Å². The van der Waals surface area contributed by atoms with E-state index in [-0.39, 0.29) is 5.91 Å². The van der Waals surface area contributed by atoms with Crippen LogP contribution < -0.4 is 9.64 Å². The number of piperazine rings is 1. The number of carbonyl (C=O) groups is 1. The van der Waals surface area contributed by atoms with Crippen LogP contribution in [0.25, 0.3) is 22.0 Å². The summed E-state index contributed by atoms with van der Waals surface area (Å²) in [7, 11) is 1.63. The second-order valence-electron chi connectivity index (χ2n) is 7.51. The van der Waals surface area contributed by atoms with Gasteiger partial charge in [-0.15, -0.1) is 0 Å². The number of H-pyrrole nitrogens is 2. The number of carbonyl (C=O) groups excluding carboxylic acids is 1. The number of fused-ring (bicyclic) bond motifs is 1. The van der Waals surface area contributed by atoms with Crippen LogP contribution in [0.2, 0.25) is 0 Å². The molecule has 6 heteroatoms. The predicted molar refractivity (Wildman–Crippen MR) is 119 cm³/mol. The number of aromatic amines is 2. The maximum Gasteiger partial charge on any atom is 0.253 e. The van der Waals surface area contributed by atoms with Crippen molar-refractivity contribution in [3.63, 3.8) is 0 Å². The van der Waals surface area contributed by atoms with E-state index in [1.807, 2.05) is 35.2 Å². The molecular formula is C24H24N4O2. The lowest BCUT2D eigenvalue weighted by Gasteiger charge is -2.36. The molecule has 0 atom stereocenters. The zero-order valence-electron chi connectivity index (χ0n) is 16.9. The SMILES string of the molecule is COc1ccc(C(=O)N2CCN(c3c[nH]cc3-c3c[nH]c4ccccc34)CC2)cc1. The van der Waals surface area contributed by atoms with Gasteiger partial charge in [0.25, 0.3) is 5.91 Å². The molecule has 1 aliphatic heterocycles. The lowest BCUT2D eigenvalue weighted by Crippen LogP contribution is -2.48. The van der Waals surface area contributed by atoms with Gasteiger partial charge in [-0.1, -0.05) is 18.2 Å². The Hall–Kier alpha value is -3.67. The fourth-order valence-electron chi connectivity index (χ4n) is 4.19. The first-order valence-corrected chi connectivity index (χ1v) is 10.2. The quantitative estimate of drug-likeness (QED) is 0.541. The molecular weight excluding hydrogens is 376 g/mol. The number of methoxy groups -OCH3 is 1.